The van der Waals surface area contributed by atoms with Crippen molar-refractivity contribution in [2.24, 2.45) is 0 Å². The summed E-state index contributed by atoms with van der Waals surface area (Å²) in [5, 5.41) is 6.08. The van der Waals surface area contributed by atoms with Gasteiger partial charge in [0.15, 0.2) is 18.2 Å². The first-order valence-electron chi connectivity index (χ1n) is 7.21. The third-order valence-corrected chi connectivity index (χ3v) is 3.54. The van der Waals surface area contributed by atoms with Gasteiger partial charge in [0.1, 0.15) is 0 Å². The number of carbonyl (C=O) groups excluding carboxylic acids is 1. The molecule has 0 aliphatic heterocycles. The monoisotopic (exact) mass is 334 g/mol. The van der Waals surface area contributed by atoms with Crippen molar-refractivity contribution in [2.75, 3.05) is 20.4 Å². The first kappa shape index (κ1) is 17.0. The standard InChI is InChI=1S/C17H19ClN2O3/c1-22-15-8-4-5-9-16(15)23-12-20-17(21)19-11-10-13-6-2-3-7-14(13)18/h2-9H,10-12H2,1H3,(H2,19,20,21). The van der Waals surface area contributed by atoms with Gasteiger partial charge in [0.05, 0.1) is 7.11 Å². The summed E-state index contributed by atoms with van der Waals surface area (Å²) in [6, 6.07) is 14.5. The van der Waals surface area contributed by atoms with Crippen LogP contribution in [0.5, 0.6) is 11.5 Å². The highest BCUT2D eigenvalue weighted by atomic mass is 35.5. The number of halogens is 1. The Kier molecular flexibility index (Phi) is 6.56. The van der Waals surface area contributed by atoms with Gasteiger partial charge in [-0.3, -0.25) is 0 Å². The van der Waals surface area contributed by atoms with Crippen molar-refractivity contribution in [2.45, 2.75) is 6.42 Å². The quantitative estimate of drug-likeness (QED) is 0.764. The first-order valence-corrected chi connectivity index (χ1v) is 7.59. The number of methoxy groups -OCH3 is 1. The Balaban J connectivity index is 1.68. The summed E-state index contributed by atoms with van der Waals surface area (Å²) in [6.07, 6.45) is 0.667. The van der Waals surface area contributed by atoms with Crippen LogP contribution in [0.2, 0.25) is 5.02 Å². The van der Waals surface area contributed by atoms with Gasteiger partial charge in [0.2, 0.25) is 0 Å². The number of benzene rings is 2. The van der Waals surface area contributed by atoms with E-state index in [0.29, 0.717) is 29.5 Å². The van der Waals surface area contributed by atoms with Crippen LogP contribution in [0.25, 0.3) is 0 Å². The molecule has 23 heavy (non-hydrogen) atoms. The molecule has 0 radical (unpaired) electrons. The van der Waals surface area contributed by atoms with Crippen molar-refractivity contribution < 1.29 is 14.3 Å². The maximum Gasteiger partial charge on any atom is 0.317 e. The molecule has 6 heteroatoms. The van der Waals surface area contributed by atoms with Crippen LogP contribution in [0.15, 0.2) is 48.5 Å². The van der Waals surface area contributed by atoms with E-state index < -0.39 is 0 Å². The van der Waals surface area contributed by atoms with E-state index in [1.165, 1.54) is 0 Å². The largest absolute Gasteiger partial charge is 0.493 e. The molecule has 5 nitrogen and oxygen atoms in total. The minimum absolute atomic E-state index is 0.0539. The Morgan fingerprint density at radius 1 is 1.04 bits per heavy atom. The maximum atomic E-state index is 11.7. The number of carbonyl (C=O) groups is 1. The SMILES string of the molecule is COc1ccccc1OCNC(=O)NCCc1ccccc1Cl. The van der Waals surface area contributed by atoms with E-state index in [9.17, 15) is 4.79 Å². The van der Waals surface area contributed by atoms with Crippen LogP contribution in [-0.2, 0) is 6.42 Å². The number of amides is 2. The van der Waals surface area contributed by atoms with Crippen molar-refractivity contribution in [3.8, 4) is 11.5 Å². The van der Waals surface area contributed by atoms with E-state index in [2.05, 4.69) is 10.6 Å². The van der Waals surface area contributed by atoms with Crippen molar-refractivity contribution in [3.05, 3.63) is 59.1 Å². The first-order chi connectivity index (χ1) is 11.2. The van der Waals surface area contributed by atoms with E-state index >= 15 is 0 Å². The molecule has 122 valence electrons. The minimum atomic E-state index is -0.299. The van der Waals surface area contributed by atoms with Gasteiger partial charge in [-0.2, -0.15) is 0 Å². The third-order valence-electron chi connectivity index (χ3n) is 3.17. The highest BCUT2D eigenvalue weighted by Gasteiger charge is 2.04. The molecule has 0 spiro atoms. The Bertz CT molecular complexity index is 649. The summed E-state index contributed by atoms with van der Waals surface area (Å²) < 4.78 is 10.6. The lowest BCUT2D eigenvalue weighted by Crippen LogP contribution is -2.38. The molecule has 0 atom stereocenters. The van der Waals surface area contributed by atoms with Crippen LogP contribution in [0.4, 0.5) is 4.79 Å². The summed E-state index contributed by atoms with van der Waals surface area (Å²) in [7, 11) is 1.57. The zero-order valence-corrected chi connectivity index (χ0v) is 13.6. The molecule has 0 fully saturated rings. The highest BCUT2D eigenvalue weighted by Crippen LogP contribution is 2.25. The number of hydrogen-bond donors (Lipinski definition) is 2. The molecular formula is C17H19ClN2O3. The molecule has 2 amide bonds. The van der Waals surface area contributed by atoms with Crippen molar-refractivity contribution in [1.82, 2.24) is 10.6 Å². The van der Waals surface area contributed by atoms with Crippen molar-refractivity contribution >= 4 is 17.6 Å². The zero-order chi connectivity index (χ0) is 16.5. The number of nitrogens with one attached hydrogen (secondary N) is 2. The molecule has 0 bridgehead atoms. The van der Waals surface area contributed by atoms with E-state index in [-0.39, 0.29) is 12.8 Å². The smallest absolute Gasteiger partial charge is 0.317 e. The van der Waals surface area contributed by atoms with Gasteiger partial charge in [-0.05, 0) is 30.2 Å². The summed E-state index contributed by atoms with van der Waals surface area (Å²) in [5.74, 6) is 1.19. The Morgan fingerprint density at radius 3 is 2.48 bits per heavy atom. The average molecular weight is 335 g/mol. The second-order valence-electron chi connectivity index (χ2n) is 4.71. The van der Waals surface area contributed by atoms with Gasteiger partial charge in [-0.15, -0.1) is 0 Å². The summed E-state index contributed by atoms with van der Waals surface area (Å²) in [5.41, 5.74) is 1.000. The molecule has 0 aromatic heterocycles. The molecule has 0 unspecified atom stereocenters. The maximum absolute atomic E-state index is 11.7. The van der Waals surface area contributed by atoms with Crippen molar-refractivity contribution in [3.63, 3.8) is 0 Å². The molecule has 0 aliphatic rings. The van der Waals surface area contributed by atoms with Gasteiger partial charge in [-0.1, -0.05) is 41.9 Å². The van der Waals surface area contributed by atoms with E-state index in [1.54, 1.807) is 19.2 Å². The predicted molar refractivity (Wildman–Crippen MR) is 90.2 cm³/mol. The van der Waals surface area contributed by atoms with Crippen LogP contribution >= 0.6 is 11.6 Å². The second kappa shape index (κ2) is 8.90. The summed E-state index contributed by atoms with van der Waals surface area (Å²) in [4.78, 5) is 11.7. The number of ether oxygens (including phenoxy) is 2. The van der Waals surface area contributed by atoms with Crippen LogP contribution in [0, 0.1) is 0 Å². The normalized spacial score (nSPS) is 10.0. The zero-order valence-electron chi connectivity index (χ0n) is 12.8. The van der Waals surface area contributed by atoms with Crippen LogP contribution in [0.1, 0.15) is 5.56 Å². The molecule has 0 saturated heterocycles. The summed E-state index contributed by atoms with van der Waals surface area (Å²) >= 11 is 6.06. The van der Waals surface area contributed by atoms with E-state index in [4.69, 9.17) is 21.1 Å². The molecule has 2 aromatic carbocycles. The Morgan fingerprint density at radius 2 is 1.74 bits per heavy atom. The third kappa shape index (κ3) is 5.38. The lowest BCUT2D eigenvalue weighted by atomic mass is 10.1. The fourth-order valence-electron chi connectivity index (χ4n) is 1.99. The lowest BCUT2D eigenvalue weighted by molar-refractivity contribution is 0.221. The molecule has 2 N–H and O–H groups in total. The molecule has 2 aromatic rings. The number of para-hydroxylation sites is 2. The second-order valence-corrected chi connectivity index (χ2v) is 5.12. The average Bonchev–Trinajstić information content (AvgIpc) is 2.57. The van der Waals surface area contributed by atoms with E-state index in [0.717, 1.165) is 5.56 Å². The number of rotatable bonds is 7. The lowest BCUT2D eigenvalue weighted by Gasteiger charge is -2.12. The Labute approximate surface area is 140 Å². The Hall–Kier alpha value is -2.40. The van der Waals surface area contributed by atoms with Crippen molar-refractivity contribution in [1.29, 1.82) is 0 Å². The van der Waals surface area contributed by atoms with Gasteiger partial charge >= 0.3 is 6.03 Å². The molecule has 0 aliphatic carbocycles. The topological polar surface area (TPSA) is 59.6 Å². The number of urea groups is 1. The van der Waals surface area contributed by atoms with Crippen LogP contribution in [0.3, 0.4) is 0 Å². The van der Waals surface area contributed by atoms with Gasteiger partial charge in [-0.25, -0.2) is 4.79 Å². The number of hydrogen-bond acceptors (Lipinski definition) is 3. The molecule has 0 heterocycles. The molecular weight excluding hydrogens is 316 g/mol. The van der Waals surface area contributed by atoms with Gasteiger partial charge in [0.25, 0.3) is 0 Å². The molecule has 0 saturated carbocycles. The predicted octanol–water partition coefficient (Wildman–Crippen LogP) is 3.23. The fourth-order valence-corrected chi connectivity index (χ4v) is 2.22. The van der Waals surface area contributed by atoms with Gasteiger partial charge < -0.3 is 20.1 Å². The van der Waals surface area contributed by atoms with E-state index in [1.807, 2.05) is 36.4 Å². The highest BCUT2D eigenvalue weighted by molar-refractivity contribution is 6.31. The minimum Gasteiger partial charge on any atom is -0.493 e. The van der Waals surface area contributed by atoms with Gasteiger partial charge in [0, 0.05) is 11.6 Å². The van der Waals surface area contributed by atoms with Crippen LogP contribution in [-0.4, -0.2) is 26.4 Å². The fraction of sp³-hybridized carbons (Fsp3) is 0.235. The van der Waals surface area contributed by atoms with Crippen LogP contribution < -0.4 is 20.1 Å². The summed E-state index contributed by atoms with van der Waals surface area (Å²) in [6.45, 7) is 0.544. The molecule has 2 rings (SSSR count).